The summed E-state index contributed by atoms with van der Waals surface area (Å²) in [5.74, 6) is -1.89. The number of carbonyl (C=O) groups is 1. The highest BCUT2D eigenvalue weighted by Gasteiger charge is 2.33. The monoisotopic (exact) mass is 347 g/mol. The van der Waals surface area contributed by atoms with Crippen LogP contribution in [0.2, 0.25) is 0 Å². The van der Waals surface area contributed by atoms with Crippen LogP contribution in [0.1, 0.15) is 22.6 Å². The molecule has 0 fully saturated rings. The molecule has 0 saturated heterocycles. The van der Waals surface area contributed by atoms with E-state index in [2.05, 4.69) is 0 Å². The lowest BCUT2D eigenvalue weighted by Gasteiger charge is -2.18. The summed E-state index contributed by atoms with van der Waals surface area (Å²) in [5.41, 5.74) is -0.0454. The number of nitriles is 1. The fraction of sp³-hybridized carbons (Fsp3) is 0.263. The zero-order valence-corrected chi connectivity index (χ0v) is 13.5. The summed E-state index contributed by atoms with van der Waals surface area (Å²) in [6.45, 7) is 0. The molecule has 0 amide bonds. The topological polar surface area (TPSA) is 50.1 Å². The van der Waals surface area contributed by atoms with Gasteiger partial charge in [0.2, 0.25) is 0 Å². The lowest BCUT2D eigenvalue weighted by molar-refractivity contribution is -0.137. The van der Waals surface area contributed by atoms with Crippen molar-refractivity contribution < 1.29 is 22.7 Å². The van der Waals surface area contributed by atoms with Crippen molar-refractivity contribution in [3.8, 4) is 6.07 Å². The third-order valence-corrected chi connectivity index (χ3v) is 3.83. The molecule has 2 atom stereocenters. The van der Waals surface area contributed by atoms with E-state index in [1.54, 1.807) is 18.2 Å². The first kappa shape index (κ1) is 18.7. The van der Waals surface area contributed by atoms with Crippen molar-refractivity contribution in [2.75, 3.05) is 7.11 Å². The number of hydrogen-bond acceptors (Lipinski definition) is 3. The number of rotatable bonds is 6. The number of ether oxygens (including phenoxy) is 1. The number of methoxy groups -OCH3 is 1. The van der Waals surface area contributed by atoms with E-state index >= 15 is 0 Å². The number of ketones is 1. The minimum atomic E-state index is -4.54. The van der Waals surface area contributed by atoms with Gasteiger partial charge in [-0.2, -0.15) is 18.4 Å². The first-order chi connectivity index (χ1) is 11.9. The molecule has 0 aromatic heterocycles. The SMILES string of the molecule is COC(Cc1ccccc1)C(=O)C(C#N)c1cccc(C(F)(F)F)c1. The van der Waals surface area contributed by atoms with Crippen LogP contribution in [0.4, 0.5) is 13.2 Å². The van der Waals surface area contributed by atoms with Crippen molar-refractivity contribution in [3.05, 3.63) is 71.3 Å². The molecule has 2 aromatic carbocycles. The molecule has 2 unspecified atom stereocenters. The molecule has 130 valence electrons. The predicted molar refractivity (Wildman–Crippen MR) is 85.7 cm³/mol. The highest BCUT2D eigenvalue weighted by molar-refractivity contribution is 5.92. The van der Waals surface area contributed by atoms with Gasteiger partial charge in [0.25, 0.3) is 0 Å². The van der Waals surface area contributed by atoms with Crippen LogP contribution in [0, 0.1) is 11.3 Å². The second kappa shape index (κ2) is 7.95. The molecule has 25 heavy (non-hydrogen) atoms. The molecule has 0 heterocycles. The smallest absolute Gasteiger partial charge is 0.373 e. The number of alkyl halides is 3. The van der Waals surface area contributed by atoms with Crippen LogP contribution in [-0.4, -0.2) is 19.0 Å². The van der Waals surface area contributed by atoms with Crippen LogP contribution in [-0.2, 0) is 22.1 Å². The summed E-state index contributed by atoms with van der Waals surface area (Å²) in [7, 11) is 1.34. The summed E-state index contributed by atoms with van der Waals surface area (Å²) in [6, 6.07) is 15.1. The number of hydrogen-bond donors (Lipinski definition) is 0. The number of Topliss-reactive ketones (excluding diaryl/α,β-unsaturated/α-hetero) is 1. The van der Waals surface area contributed by atoms with Gasteiger partial charge in [-0.1, -0.05) is 48.5 Å². The zero-order chi connectivity index (χ0) is 18.4. The van der Waals surface area contributed by atoms with E-state index in [-0.39, 0.29) is 12.0 Å². The van der Waals surface area contributed by atoms with Crippen LogP contribution in [0.5, 0.6) is 0 Å². The van der Waals surface area contributed by atoms with E-state index in [1.807, 2.05) is 18.2 Å². The maximum atomic E-state index is 12.9. The highest BCUT2D eigenvalue weighted by atomic mass is 19.4. The van der Waals surface area contributed by atoms with Gasteiger partial charge >= 0.3 is 6.18 Å². The van der Waals surface area contributed by atoms with Crippen molar-refractivity contribution in [3.63, 3.8) is 0 Å². The zero-order valence-electron chi connectivity index (χ0n) is 13.5. The Morgan fingerprint density at radius 2 is 1.84 bits per heavy atom. The average Bonchev–Trinajstić information content (AvgIpc) is 2.60. The Morgan fingerprint density at radius 1 is 1.16 bits per heavy atom. The number of nitrogens with zero attached hydrogens (tertiary/aromatic N) is 1. The number of halogens is 3. The standard InChI is InChI=1S/C19H16F3NO2/c1-25-17(10-13-6-3-2-4-7-13)18(24)16(12-23)14-8-5-9-15(11-14)19(20,21)22/h2-9,11,16-17H,10H2,1H3. The van der Waals surface area contributed by atoms with E-state index in [9.17, 15) is 23.2 Å². The Labute approximate surface area is 143 Å². The Hall–Kier alpha value is -2.65. The molecule has 0 saturated carbocycles. The molecule has 0 aliphatic rings. The maximum absolute atomic E-state index is 12.9. The summed E-state index contributed by atoms with van der Waals surface area (Å²) in [5, 5.41) is 9.35. The fourth-order valence-electron chi connectivity index (χ4n) is 2.51. The first-order valence-corrected chi connectivity index (χ1v) is 7.54. The molecule has 6 heteroatoms. The van der Waals surface area contributed by atoms with Crippen LogP contribution >= 0.6 is 0 Å². The van der Waals surface area contributed by atoms with E-state index in [1.165, 1.54) is 19.2 Å². The molecule has 0 radical (unpaired) electrons. The molecule has 0 N–H and O–H groups in total. The van der Waals surface area contributed by atoms with E-state index in [4.69, 9.17) is 4.74 Å². The van der Waals surface area contributed by atoms with E-state index in [0.29, 0.717) is 0 Å². The van der Waals surface area contributed by atoms with Gasteiger partial charge < -0.3 is 4.74 Å². The minimum absolute atomic E-state index is 0.0115. The van der Waals surface area contributed by atoms with Gasteiger partial charge in [0.15, 0.2) is 5.78 Å². The average molecular weight is 347 g/mol. The second-order valence-corrected chi connectivity index (χ2v) is 5.50. The molecule has 0 spiro atoms. The van der Waals surface area contributed by atoms with Gasteiger partial charge in [0.05, 0.1) is 11.6 Å². The Kier molecular flexibility index (Phi) is 5.94. The van der Waals surface area contributed by atoms with Crippen molar-refractivity contribution in [2.24, 2.45) is 0 Å². The minimum Gasteiger partial charge on any atom is -0.373 e. The third-order valence-electron chi connectivity index (χ3n) is 3.83. The lowest BCUT2D eigenvalue weighted by Crippen LogP contribution is -2.30. The van der Waals surface area contributed by atoms with Gasteiger partial charge in [-0.25, -0.2) is 0 Å². The van der Waals surface area contributed by atoms with Gasteiger partial charge in [-0.15, -0.1) is 0 Å². The molecular formula is C19H16F3NO2. The second-order valence-electron chi connectivity index (χ2n) is 5.50. The quantitative estimate of drug-likeness (QED) is 0.789. The number of benzene rings is 2. The highest BCUT2D eigenvalue weighted by Crippen LogP contribution is 2.31. The van der Waals surface area contributed by atoms with Crippen LogP contribution < -0.4 is 0 Å². The number of carbonyl (C=O) groups excluding carboxylic acids is 1. The van der Waals surface area contributed by atoms with Gasteiger partial charge in [-0.05, 0) is 17.2 Å². The molecule has 2 rings (SSSR count). The summed E-state index contributed by atoms with van der Waals surface area (Å²) in [6.07, 6.45) is -5.21. The van der Waals surface area contributed by atoms with Crippen LogP contribution in [0.15, 0.2) is 54.6 Å². The summed E-state index contributed by atoms with van der Waals surface area (Å²) in [4.78, 5) is 12.6. The Bertz CT molecular complexity index is 766. The molecule has 0 aliphatic carbocycles. The molecule has 0 bridgehead atoms. The molecule has 3 nitrogen and oxygen atoms in total. The third kappa shape index (κ3) is 4.68. The summed E-state index contributed by atoms with van der Waals surface area (Å²) >= 11 is 0. The van der Waals surface area contributed by atoms with Gasteiger partial charge in [0, 0.05) is 13.5 Å². The van der Waals surface area contributed by atoms with Crippen molar-refractivity contribution in [1.29, 1.82) is 5.26 Å². The maximum Gasteiger partial charge on any atom is 0.416 e. The summed E-state index contributed by atoms with van der Waals surface area (Å²) < 4.78 is 43.8. The van der Waals surface area contributed by atoms with Gasteiger partial charge in [-0.3, -0.25) is 4.79 Å². The predicted octanol–water partition coefficient (Wildman–Crippen LogP) is 4.14. The van der Waals surface area contributed by atoms with E-state index in [0.717, 1.165) is 17.7 Å². The van der Waals surface area contributed by atoms with Crippen LogP contribution in [0.3, 0.4) is 0 Å². The van der Waals surface area contributed by atoms with Crippen molar-refractivity contribution >= 4 is 5.78 Å². The lowest BCUT2D eigenvalue weighted by atomic mass is 9.89. The Morgan fingerprint density at radius 3 is 2.40 bits per heavy atom. The largest absolute Gasteiger partial charge is 0.416 e. The van der Waals surface area contributed by atoms with Gasteiger partial charge in [0.1, 0.15) is 12.0 Å². The van der Waals surface area contributed by atoms with Crippen LogP contribution in [0.25, 0.3) is 0 Å². The Balaban J connectivity index is 2.27. The van der Waals surface area contributed by atoms with Crippen molar-refractivity contribution in [2.45, 2.75) is 24.6 Å². The first-order valence-electron chi connectivity index (χ1n) is 7.54. The van der Waals surface area contributed by atoms with E-state index < -0.39 is 29.5 Å². The molecular weight excluding hydrogens is 331 g/mol. The normalized spacial score (nSPS) is 13.7. The fourth-order valence-corrected chi connectivity index (χ4v) is 2.51. The van der Waals surface area contributed by atoms with Crippen molar-refractivity contribution in [1.82, 2.24) is 0 Å². The molecule has 2 aromatic rings. The molecule has 0 aliphatic heterocycles.